The van der Waals surface area contributed by atoms with E-state index in [0.29, 0.717) is 6.54 Å². The van der Waals surface area contributed by atoms with Crippen molar-refractivity contribution in [3.05, 3.63) is 60.1 Å². The highest BCUT2D eigenvalue weighted by Crippen LogP contribution is 2.19. The molecule has 2 aromatic rings. The summed E-state index contributed by atoms with van der Waals surface area (Å²) < 4.78 is 5.54. The Bertz CT molecular complexity index is 609. The molecule has 0 fully saturated rings. The SMILES string of the molecule is CSC(C)(C)CNC(=NCc1ccccc1)NCCc1ccco1. The van der Waals surface area contributed by atoms with Gasteiger partial charge in [0.1, 0.15) is 5.76 Å². The maximum atomic E-state index is 5.37. The molecule has 0 aliphatic heterocycles. The number of guanidine groups is 1. The van der Waals surface area contributed by atoms with Gasteiger partial charge in [-0.1, -0.05) is 30.3 Å². The Hall–Kier alpha value is -1.88. The van der Waals surface area contributed by atoms with Crippen LogP contribution in [0.4, 0.5) is 0 Å². The predicted molar refractivity (Wildman–Crippen MR) is 104 cm³/mol. The lowest BCUT2D eigenvalue weighted by atomic mass is 10.2. The van der Waals surface area contributed by atoms with Gasteiger partial charge in [0.25, 0.3) is 0 Å². The second-order valence-electron chi connectivity index (χ2n) is 6.22. The lowest BCUT2D eigenvalue weighted by molar-refractivity contribution is 0.506. The van der Waals surface area contributed by atoms with Crippen molar-refractivity contribution in [2.75, 3.05) is 19.3 Å². The number of furan rings is 1. The molecule has 1 aromatic heterocycles. The first-order chi connectivity index (χ1) is 11.6. The minimum atomic E-state index is 0.163. The number of hydrogen-bond donors (Lipinski definition) is 2. The van der Waals surface area contributed by atoms with Gasteiger partial charge in [-0.3, -0.25) is 0 Å². The van der Waals surface area contributed by atoms with E-state index in [9.17, 15) is 0 Å². The summed E-state index contributed by atoms with van der Waals surface area (Å²) in [7, 11) is 0. The summed E-state index contributed by atoms with van der Waals surface area (Å²) >= 11 is 1.85. The molecular formula is C19H27N3OS. The molecule has 5 heteroatoms. The third-order valence-electron chi connectivity index (χ3n) is 3.74. The third-order valence-corrected chi connectivity index (χ3v) is 4.99. The first kappa shape index (κ1) is 18.5. The average Bonchev–Trinajstić information content (AvgIpc) is 3.11. The van der Waals surface area contributed by atoms with Gasteiger partial charge < -0.3 is 15.1 Å². The van der Waals surface area contributed by atoms with E-state index in [1.807, 2.05) is 42.1 Å². The molecule has 24 heavy (non-hydrogen) atoms. The summed E-state index contributed by atoms with van der Waals surface area (Å²) in [6, 6.07) is 14.2. The molecule has 2 N–H and O–H groups in total. The molecule has 0 amide bonds. The highest BCUT2D eigenvalue weighted by atomic mass is 32.2. The van der Waals surface area contributed by atoms with E-state index in [4.69, 9.17) is 9.41 Å². The molecule has 0 aliphatic rings. The number of aliphatic imine (C=N–C) groups is 1. The first-order valence-corrected chi connectivity index (χ1v) is 9.45. The maximum Gasteiger partial charge on any atom is 0.191 e. The summed E-state index contributed by atoms with van der Waals surface area (Å²) in [5.41, 5.74) is 1.20. The van der Waals surface area contributed by atoms with E-state index in [1.54, 1.807) is 6.26 Å². The fraction of sp³-hybridized carbons (Fsp3) is 0.421. The molecule has 0 spiro atoms. The standard InChI is InChI=1S/C19H27N3OS/c1-19(2,24-3)15-22-18(20-12-11-17-10-7-13-23-17)21-14-16-8-5-4-6-9-16/h4-10,13H,11-12,14-15H2,1-3H3,(H2,20,21,22). The van der Waals surface area contributed by atoms with Crippen molar-refractivity contribution < 1.29 is 4.42 Å². The Labute approximate surface area is 149 Å². The van der Waals surface area contributed by atoms with Crippen LogP contribution in [0.3, 0.4) is 0 Å². The molecule has 0 bridgehead atoms. The number of rotatable bonds is 8. The van der Waals surface area contributed by atoms with Crippen LogP contribution in [-0.4, -0.2) is 30.1 Å². The quantitative estimate of drug-likeness (QED) is 0.566. The minimum Gasteiger partial charge on any atom is -0.469 e. The minimum absolute atomic E-state index is 0.163. The van der Waals surface area contributed by atoms with E-state index in [1.165, 1.54) is 5.56 Å². The highest BCUT2D eigenvalue weighted by molar-refractivity contribution is 7.99. The molecular weight excluding hydrogens is 318 g/mol. The van der Waals surface area contributed by atoms with E-state index in [2.05, 4.69) is 42.9 Å². The van der Waals surface area contributed by atoms with Crippen molar-refractivity contribution in [2.45, 2.75) is 31.6 Å². The van der Waals surface area contributed by atoms with Crippen molar-refractivity contribution in [3.63, 3.8) is 0 Å². The zero-order chi connectivity index (χ0) is 17.3. The number of nitrogens with zero attached hydrogens (tertiary/aromatic N) is 1. The summed E-state index contributed by atoms with van der Waals surface area (Å²) in [5, 5.41) is 6.84. The molecule has 0 aliphatic carbocycles. The largest absolute Gasteiger partial charge is 0.469 e. The van der Waals surface area contributed by atoms with Crippen LogP contribution >= 0.6 is 11.8 Å². The van der Waals surface area contributed by atoms with E-state index >= 15 is 0 Å². The van der Waals surface area contributed by atoms with Crippen LogP contribution in [0.15, 0.2) is 58.1 Å². The van der Waals surface area contributed by atoms with Gasteiger partial charge in [-0.25, -0.2) is 4.99 Å². The molecule has 1 heterocycles. The zero-order valence-corrected chi connectivity index (χ0v) is 15.5. The van der Waals surface area contributed by atoms with E-state index in [-0.39, 0.29) is 4.75 Å². The van der Waals surface area contributed by atoms with Gasteiger partial charge in [0, 0.05) is 24.3 Å². The van der Waals surface area contributed by atoms with Gasteiger partial charge >= 0.3 is 0 Å². The van der Waals surface area contributed by atoms with Crippen LogP contribution in [0, 0.1) is 0 Å². The van der Waals surface area contributed by atoms with Crippen LogP contribution in [0.25, 0.3) is 0 Å². The molecule has 4 nitrogen and oxygen atoms in total. The topological polar surface area (TPSA) is 49.6 Å². The normalized spacial score (nSPS) is 12.2. The van der Waals surface area contributed by atoms with Crippen LogP contribution in [0.5, 0.6) is 0 Å². The first-order valence-electron chi connectivity index (χ1n) is 8.23. The number of benzene rings is 1. The fourth-order valence-electron chi connectivity index (χ4n) is 2.06. The molecule has 0 atom stereocenters. The van der Waals surface area contributed by atoms with E-state index < -0.39 is 0 Å². The summed E-state index contributed by atoms with van der Waals surface area (Å²) in [6.45, 7) is 6.75. The predicted octanol–water partition coefficient (Wildman–Crippen LogP) is 3.70. The molecule has 0 saturated carbocycles. The number of hydrogen-bond acceptors (Lipinski definition) is 3. The lowest BCUT2D eigenvalue weighted by Crippen LogP contribution is -2.44. The Morgan fingerprint density at radius 3 is 2.58 bits per heavy atom. The van der Waals surface area contributed by atoms with Crippen LogP contribution in [-0.2, 0) is 13.0 Å². The fourth-order valence-corrected chi connectivity index (χ4v) is 2.27. The molecule has 2 rings (SSSR count). The van der Waals surface area contributed by atoms with Gasteiger partial charge in [0.15, 0.2) is 5.96 Å². The van der Waals surface area contributed by atoms with Gasteiger partial charge in [0.2, 0.25) is 0 Å². The van der Waals surface area contributed by atoms with Crippen LogP contribution in [0.2, 0.25) is 0 Å². The van der Waals surface area contributed by atoms with Crippen molar-refractivity contribution in [2.24, 2.45) is 4.99 Å². The van der Waals surface area contributed by atoms with Gasteiger partial charge in [-0.05, 0) is 37.8 Å². The molecule has 1 aromatic carbocycles. The van der Waals surface area contributed by atoms with Crippen molar-refractivity contribution in [1.82, 2.24) is 10.6 Å². The lowest BCUT2D eigenvalue weighted by Gasteiger charge is -2.24. The van der Waals surface area contributed by atoms with Crippen molar-refractivity contribution in [3.8, 4) is 0 Å². The molecule has 0 radical (unpaired) electrons. The Kier molecular flexibility index (Phi) is 7.25. The maximum absolute atomic E-state index is 5.37. The van der Waals surface area contributed by atoms with Gasteiger partial charge in [-0.15, -0.1) is 0 Å². The second-order valence-corrected chi connectivity index (χ2v) is 7.74. The third kappa shape index (κ3) is 6.71. The Balaban J connectivity index is 1.91. The van der Waals surface area contributed by atoms with Gasteiger partial charge in [0.05, 0.1) is 12.8 Å². The number of thioether (sulfide) groups is 1. The average molecular weight is 346 g/mol. The number of nitrogens with one attached hydrogen (secondary N) is 2. The summed E-state index contributed by atoms with van der Waals surface area (Å²) in [6.07, 6.45) is 4.68. The molecule has 0 saturated heterocycles. The smallest absolute Gasteiger partial charge is 0.191 e. The zero-order valence-electron chi connectivity index (χ0n) is 14.7. The van der Waals surface area contributed by atoms with Crippen molar-refractivity contribution >= 4 is 17.7 Å². The van der Waals surface area contributed by atoms with E-state index in [0.717, 1.165) is 31.2 Å². The second kappa shape index (κ2) is 9.42. The van der Waals surface area contributed by atoms with Crippen molar-refractivity contribution in [1.29, 1.82) is 0 Å². The summed E-state index contributed by atoms with van der Waals surface area (Å²) in [4.78, 5) is 4.70. The molecule has 0 unspecified atom stereocenters. The van der Waals surface area contributed by atoms with Gasteiger partial charge in [-0.2, -0.15) is 11.8 Å². The molecule has 130 valence electrons. The Morgan fingerprint density at radius 2 is 1.92 bits per heavy atom. The van der Waals surface area contributed by atoms with Crippen LogP contribution < -0.4 is 10.6 Å². The monoisotopic (exact) mass is 345 g/mol. The summed E-state index contributed by atoms with van der Waals surface area (Å²) in [5.74, 6) is 1.82. The van der Waals surface area contributed by atoms with Crippen LogP contribution in [0.1, 0.15) is 25.2 Å². The Morgan fingerprint density at radius 1 is 1.12 bits per heavy atom. The highest BCUT2D eigenvalue weighted by Gasteiger charge is 2.16.